The van der Waals surface area contributed by atoms with Gasteiger partial charge in [-0.05, 0) is 68.5 Å². The highest BCUT2D eigenvalue weighted by Gasteiger charge is 2.26. The lowest BCUT2D eigenvalue weighted by molar-refractivity contribution is -0.140. The number of hydrogen-bond acceptors (Lipinski definition) is 7. The molecule has 0 spiro atoms. The number of fused-ring (bicyclic) bond motifs is 1. The number of benzene rings is 2. The molecule has 7 nitrogen and oxygen atoms in total. The third-order valence-electron chi connectivity index (χ3n) is 5.52. The first kappa shape index (κ1) is 22.0. The molecule has 3 aromatic rings. The lowest BCUT2D eigenvalue weighted by Gasteiger charge is -2.14. The number of carbonyl (C=O) groups excluding carboxylic acids is 1. The fourth-order valence-electron chi connectivity index (χ4n) is 4.12. The Balaban J connectivity index is 1.52. The van der Waals surface area contributed by atoms with E-state index < -0.39 is 0 Å². The molecule has 2 aromatic carbocycles. The summed E-state index contributed by atoms with van der Waals surface area (Å²) in [6.45, 7) is 8.44. The molecule has 0 radical (unpaired) electrons. The van der Waals surface area contributed by atoms with Gasteiger partial charge in [-0.2, -0.15) is 4.98 Å². The molecular weight excluding hydrogens is 406 g/mol. The van der Waals surface area contributed by atoms with Crippen LogP contribution in [-0.2, 0) is 16.0 Å². The Hall–Kier alpha value is -3.19. The molecule has 1 aliphatic rings. The summed E-state index contributed by atoms with van der Waals surface area (Å²) < 4.78 is 16.4. The van der Waals surface area contributed by atoms with Crippen LogP contribution < -0.4 is 10.1 Å². The number of nitrogens with one attached hydrogen (secondary N) is 1. The zero-order valence-electron chi connectivity index (χ0n) is 19.0. The molecule has 1 N–H and O–H groups in total. The lowest BCUT2D eigenvalue weighted by Crippen LogP contribution is -2.24. The van der Waals surface area contributed by atoms with Crippen molar-refractivity contribution in [3.8, 4) is 28.6 Å². The standard InChI is InChI=1S/C25H29N3O4/c1-15(2)31-23-11-8-18(14-16(23)3)25-27-24(28-32-25)21-7-5-6-20-19(21)9-10-22(20)26-12-13-30-17(4)29/h5-8,11,14-15,22,26H,9-10,12-13H2,1-4H3/t22-/m1/s1. The van der Waals surface area contributed by atoms with E-state index in [1.165, 1.54) is 18.1 Å². The monoisotopic (exact) mass is 435 g/mol. The molecule has 1 aromatic heterocycles. The maximum absolute atomic E-state index is 10.9. The summed E-state index contributed by atoms with van der Waals surface area (Å²) in [4.78, 5) is 15.6. The van der Waals surface area contributed by atoms with E-state index >= 15 is 0 Å². The molecule has 0 bridgehead atoms. The van der Waals surface area contributed by atoms with Crippen LogP contribution in [0.3, 0.4) is 0 Å². The first-order valence-corrected chi connectivity index (χ1v) is 11.0. The summed E-state index contributed by atoms with van der Waals surface area (Å²) in [5, 5.41) is 7.74. The molecular formula is C25H29N3O4. The van der Waals surface area contributed by atoms with Crippen LogP contribution in [0, 0.1) is 6.92 Å². The maximum atomic E-state index is 10.9. The van der Waals surface area contributed by atoms with Crippen molar-refractivity contribution in [2.45, 2.75) is 52.7 Å². The normalized spacial score (nSPS) is 15.1. The average Bonchev–Trinajstić information content (AvgIpc) is 3.40. The van der Waals surface area contributed by atoms with Crippen LogP contribution in [0.2, 0.25) is 0 Å². The van der Waals surface area contributed by atoms with Gasteiger partial charge in [0.15, 0.2) is 0 Å². The highest BCUT2D eigenvalue weighted by molar-refractivity contribution is 5.67. The van der Waals surface area contributed by atoms with Gasteiger partial charge in [0.25, 0.3) is 5.89 Å². The second-order valence-electron chi connectivity index (χ2n) is 8.33. The average molecular weight is 436 g/mol. The smallest absolute Gasteiger partial charge is 0.302 e. The lowest BCUT2D eigenvalue weighted by atomic mass is 10.0. The molecule has 7 heteroatoms. The van der Waals surface area contributed by atoms with E-state index in [4.69, 9.17) is 14.0 Å². The van der Waals surface area contributed by atoms with E-state index in [9.17, 15) is 4.79 Å². The zero-order chi connectivity index (χ0) is 22.7. The Labute approximate surface area is 188 Å². The Morgan fingerprint density at radius 3 is 2.88 bits per heavy atom. The van der Waals surface area contributed by atoms with Crippen LogP contribution in [0.1, 0.15) is 49.9 Å². The minimum atomic E-state index is -0.258. The fraction of sp³-hybridized carbons (Fsp3) is 0.400. The van der Waals surface area contributed by atoms with Crippen LogP contribution >= 0.6 is 0 Å². The molecule has 0 aliphatic heterocycles. The van der Waals surface area contributed by atoms with Crippen LogP contribution in [0.25, 0.3) is 22.8 Å². The van der Waals surface area contributed by atoms with E-state index in [0.717, 1.165) is 35.3 Å². The number of rotatable bonds is 8. The van der Waals surface area contributed by atoms with Crippen molar-refractivity contribution in [3.05, 3.63) is 53.1 Å². The van der Waals surface area contributed by atoms with Gasteiger partial charge in [0, 0.05) is 30.6 Å². The SMILES string of the molecule is CC(=O)OCCN[C@@H]1CCc2c(-c3noc(-c4ccc(OC(C)C)c(C)c4)n3)cccc21. The van der Waals surface area contributed by atoms with Gasteiger partial charge >= 0.3 is 5.97 Å². The Kier molecular flexibility index (Phi) is 6.55. The van der Waals surface area contributed by atoms with E-state index in [1.807, 2.05) is 51.1 Å². The van der Waals surface area contributed by atoms with Gasteiger partial charge in [0.1, 0.15) is 12.4 Å². The maximum Gasteiger partial charge on any atom is 0.302 e. The largest absolute Gasteiger partial charge is 0.491 e. The number of hydrogen-bond donors (Lipinski definition) is 1. The number of esters is 1. The number of carbonyl (C=O) groups is 1. The van der Waals surface area contributed by atoms with Gasteiger partial charge in [0.2, 0.25) is 5.82 Å². The molecule has 32 heavy (non-hydrogen) atoms. The van der Waals surface area contributed by atoms with Crippen molar-refractivity contribution in [2.75, 3.05) is 13.2 Å². The van der Waals surface area contributed by atoms with E-state index in [2.05, 4.69) is 21.5 Å². The van der Waals surface area contributed by atoms with Crippen molar-refractivity contribution in [1.82, 2.24) is 15.5 Å². The van der Waals surface area contributed by atoms with Crippen LogP contribution in [0.5, 0.6) is 5.75 Å². The highest BCUT2D eigenvalue weighted by atomic mass is 16.5. The first-order valence-electron chi connectivity index (χ1n) is 11.0. The summed E-state index contributed by atoms with van der Waals surface area (Å²) >= 11 is 0. The van der Waals surface area contributed by atoms with Gasteiger partial charge in [-0.3, -0.25) is 4.79 Å². The fourth-order valence-corrected chi connectivity index (χ4v) is 4.12. The van der Waals surface area contributed by atoms with E-state index in [-0.39, 0.29) is 18.1 Å². The van der Waals surface area contributed by atoms with Gasteiger partial charge in [0.05, 0.1) is 6.10 Å². The zero-order valence-corrected chi connectivity index (χ0v) is 19.0. The number of nitrogens with zero attached hydrogens (tertiary/aromatic N) is 2. The third kappa shape index (κ3) is 4.83. The molecule has 0 saturated heterocycles. The van der Waals surface area contributed by atoms with Crippen molar-refractivity contribution >= 4 is 5.97 Å². The van der Waals surface area contributed by atoms with E-state index in [1.54, 1.807) is 0 Å². The molecule has 0 unspecified atom stereocenters. The molecule has 4 rings (SSSR count). The Morgan fingerprint density at radius 2 is 2.12 bits per heavy atom. The van der Waals surface area contributed by atoms with E-state index in [0.29, 0.717) is 24.9 Å². The summed E-state index contributed by atoms with van der Waals surface area (Å²) in [6, 6.07) is 12.3. The predicted octanol–water partition coefficient (Wildman–Crippen LogP) is 4.64. The van der Waals surface area contributed by atoms with Gasteiger partial charge in [-0.1, -0.05) is 23.4 Å². The van der Waals surface area contributed by atoms with Crippen molar-refractivity contribution < 1.29 is 18.8 Å². The summed E-state index contributed by atoms with van der Waals surface area (Å²) in [5.74, 6) is 1.69. The Bertz CT molecular complexity index is 1110. The van der Waals surface area contributed by atoms with Crippen LogP contribution in [-0.4, -0.2) is 35.4 Å². The molecule has 0 amide bonds. The molecule has 1 heterocycles. The number of ether oxygens (including phenoxy) is 2. The molecule has 0 fully saturated rings. The quantitative estimate of drug-likeness (QED) is 0.407. The summed E-state index contributed by atoms with van der Waals surface area (Å²) in [5.41, 5.74) is 5.37. The van der Waals surface area contributed by atoms with Crippen LogP contribution in [0.15, 0.2) is 40.9 Å². The van der Waals surface area contributed by atoms with Crippen molar-refractivity contribution in [3.63, 3.8) is 0 Å². The second-order valence-corrected chi connectivity index (χ2v) is 8.33. The topological polar surface area (TPSA) is 86.5 Å². The third-order valence-corrected chi connectivity index (χ3v) is 5.52. The predicted molar refractivity (Wildman–Crippen MR) is 121 cm³/mol. The minimum absolute atomic E-state index is 0.120. The van der Waals surface area contributed by atoms with Gasteiger partial charge in [-0.25, -0.2) is 0 Å². The summed E-state index contributed by atoms with van der Waals surface area (Å²) in [6.07, 6.45) is 2.03. The van der Waals surface area contributed by atoms with Crippen LogP contribution in [0.4, 0.5) is 0 Å². The molecule has 1 atom stereocenters. The number of aryl methyl sites for hydroxylation is 1. The molecule has 1 aliphatic carbocycles. The minimum Gasteiger partial charge on any atom is -0.491 e. The van der Waals surface area contributed by atoms with Gasteiger partial charge < -0.3 is 19.3 Å². The van der Waals surface area contributed by atoms with Crippen molar-refractivity contribution in [1.29, 1.82) is 0 Å². The van der Waals surface area contributed by atoms with Crippen molar-refractivity contribution in [2.24, 2.45) is 0 Å². The van der Waals surface area contributed by atoms with Gasteiger partial charge in [-0.15, -0.1) is 0 Å². The number of aromatic nitrogens is 2. The summed E-state index contributed by atoms with van der Waals surface area (Å²) in [7, 11) is 0. The molecule has 168 valence electrons. The second kappa shape index (κ2) is 9.53. The Morgan fingerprint density at radius 1 is 1.28 bits per heavy atom. The highest BCUT2D eigenvalue weighted by Crippen LogP contribution is 2.37. The first-order chi connectivity index (χ1) is 15.4. The molecule has 0 saturated carbocycles.